The number of rotatable bonds is 3. The number of nitrogens with zero attached hydrogens (tertiary/aromatic N) is 5. The van der Waals surface area contributed by atoms with Crippen LogP contribution in [-0.2, 0) is 0 Å². The summed E-state index contributed by atoms with van der Waals surface area (Å²) in [6.07, 6.45) is 5.17. The third-order valence-electron chi connectivity index (χ3n) is 5.32. The molecule has 1 aliphatic heterocycles. The van der Waals surface area contributed by atoms with E-state index in [-0.39, 0.29) is 11.9 Å². The smallest absolute Gasteiger partial charge is 0.254 e. The first-order valence-electron chi connectivity index (χ1n) is 9.41. The Morgan fingerprint density at radius 2 is 1.89 bits per heavy atom. The number of amides is 1. The molecular weight excluding hydrogens is 352 g/mol. The highest BCUT2D eigenvalue weighted by atomic mass is 16.2. The van der Waals surface area contributed by atoms with E-state index in [0.29, 0.717) is 5.56 Å². The fraction of sp³-hybridized carbons (Fsp3) is 0.238. The van der Waals surface area contributed by atoms with Crippen LogP contribution in [0.25, 0.3) is 16.7 Å². The molecule has 7 nitrogen and oxygen atoms in total. The second kappa shape index (κ2) is 6.60. The lowest BCUT2D eigenvalue weighted by Gasteiger charge is -2.23. The Hall–Kier alpha value is -3.48. The van der Waals surface area contributed by atoms with Gasteiger partial charge in [0.25, 0.3) is 5.91 Å². The number of aromatic amines is 1. The molecule has 1 amide bonds. The molecule has 0 spiro atoms. The lowest BCUT2D eigenvalue weighted by molar-refractivity contribution is 0.0730. The van der Waals surface area contributed by atoms with Crippen molar-refractivity contribution in [3.63, 3.8) is 0 Å². The third-order valence-corrected chi connectivity index (χ3v) is 5.32. The van der Waals surface area contributed by atoms with E-state index < -0.39 is 0 Å². The maximum Gasteiger partial charge on any atom is 0.254 e. The molecule has 2 aromatic carbocycles. The minimum Gasteiger partial charge on any atom is -0.340 e. The molecule has 1 N–H and O–H groups in total. The number of hydrogen-bond donors (Lipinski definition) is 1. The van der Waals surface area contributed by atoms with Crippen LogP contribution in [0.4, 0.5) is 0 Å². The highest BCUT2D eigenvalue weighted by molar-refractivity contribution is 5.95. The number of aryl methyl sites for hydroxylation is 1. The number of H-pyrrole nitrogens is 1. The van der Waals surface area contributed by atoms with Gasteiger partial charge in [0.2, 0.25) is 0 Å². The number of aromatic nitrogens is 5. The summed E-state index contributed by atoms with van der Waals surface area (Å²) in [4.78, 5) is 23.2. The van der Waals surface area contributed by atoms with Crippen molar-refractivity contribution in [1.82, 2.24) is 29.6 Å². The zero-order valence-electron chi connectivity index (χ0n) is 15.5. The highest BCUT2D eigenvalue weighted by Crippen LogP contribution is 2.33. The Morgan fingerprint density at radius 3 is 2.68 bits per heavy atom. The monoisotopic (exact) mass is 372 g/mol. The summed E-state index contributed by atoms with van der Waals surface area (Å²) in [6.45, 7) is 2.81. The van der Waals surface area contributed by atoms with Crippen LogP contribution in [0.2, 0.25) is 0 Å². The van der Waals surface area contributed by atoms with E-state index in [2.05, 4.69) is 34.2 Å². The minimum atomic E-state index is -0.0160. The van der Waals surface area contributed by atoms with E-state index in [1.165, 1.54) is 5.56 Å². The van der Waals surface area contributed by atoms with E-state index in [1.807, 2.05) is 39.8 Å². The second-order valence-electron chi connectivity index (χ2n) is 7.22. The summed E-state index contributed by atoms with van der Waals surface area (Å²) in [5.74, 6) is 0.905. The number of likely N-dealkylation sites (tertiary alicyclic amines) is 1. The highest BCUT2D eigenvalue weighted by Gasteiger charge is 2.32. The van der Waals surface area contributed by atoms with Gasteiger partial charge in [-0.2, -0.15) is 0 Å². The van der Waals surface area contributed by atoms with Gasteiger partial charge in [0.15, 0.2) is 0 Å². The predicted molar refractivity (Wildman–Crippen MR) is 105 cm³/mol. The zero-order valence-corrected chi connectivity index (χ0v) is 15.5. The third kappa shape index (κ3) is 2.85. The van der Waals surface area contributed by atoms with Crippen molar-refractivity contribution in [2.24, 2.45) is 0 Å². The molecule has 0 saturated carbocycles. The summed E-state index contributed by atoms with van der Waals surface area (Å²) in [7, 11) is 0. The van der Waals surface area contributed by atoms with Crippen molar-refractivity contribution < 1.29 is 4.79 Å². The Balaban J connectivity index is 1.41. The lowest BCUT2D eigenvalue weighted by Crippen LogP contribution is -2.31. The van der Waals surface area contributed by atoms with Gasteiger partial charge in [0.1, 0.15) is 18.5 Å². The number of fused-ring (bicyclic) bond motifs is 1. The average molecular weight is 372 g/mol. The van der Waals surface area contributed by atoms with Gasteiger partial charge in [-0.25, -0.2) is 4.98 Å². The molecule has 5 rings (SSSR count). The minimum absolute atomic E-state index is 0.0160. The van der Waals surface area contributed by atoms with Gasteiger partial charge in [-0.05, 0) is 61.7 Å². The van der Waals surface area contributed by atoms with Crippen LogP contribution < -0.4 is 0 Å². The Bertz CT molecular complexity index is 1130. The SMILES string of the molecule is Cc1ccc2nc([C@H]3CCCN3C(=O)c3ccc(-n4cnnc4)cc3)[nH]c2c1. The normalized spacial score (nSPS) is 16.8. The molecule has 0 bridgehead atoms. The second-order valence-corrected chi connectivity index (χ2v) is 7.22. The van der Waals surface area contributed by atoms with Gasteiger partial charge in [-0.3, -0.25) is 9.36 Å². The summed E-state index contributed by atoms with van der Waals surface area (Å²) in [5, 5.41) is 7.63. The number of imidazole rings is 1. The first kappa shape index (κ1) is 16.7. The van der Waals surface area contributed by atoms with Crippen LogP contribution in [0.5, 0.6) is 0 Å². The molecule has 4 aromatic rings. The van der Waals surface area contributed by atoms with Gasteiger partial charge in [0.05, 0.1) is 17.1 Å². The summed E-state index contributed by atoms with van der Waals surface area (Å²) < 4.78 is 1.81. The van der Waals surface area contributed by atoms with Gasteiger partial charge >= 0.3 is 0 Å². The molecule has 0 aliphatic carbocycles. The van der Waals surface area contributed by atoms with E-state index in [0.717, 1.165) is 41.9 Å². The number of benzene rings is 2. The summed E-state index contributed by atoms with van der Waals surface area (Å²) >= 11 is 0. The van der Waals surface area contributed by atoms with Crippen molar-refractivity contribution >= 4 is 16.9 Å². The molecule has 1 saturated heterocycles. The number of nitrogens with one attached hydrogen (secondary N) is 1. The van der Waals surface area contributed by atoms with Crippen LogP contribution in [0, 0.1) is 6.92 Å². The van der Waals surface area contributed by atoms with E-state index in [4.69, 9.17) is 4.98 Å². The molecule has 1 fully saturated rings. The summed E-state index contributed by atoms with van der Waals surface area (Å²) in [5.41, 5.74) is 4.75. The molecule has 2 aromatic heterocycles. The van der Waals surface area contributed by atoms with E-state index in [1.54, 1.807) is 12.7 Å². The standard InChI is InChI=1S/C21H20N6O/c1-14-4-9-17-18(11-14)25-20(24-17)19-3-2-10-27(19)21(28)15-5-7-16(8-6-15)26-12-22-23-13-26/h4-9,11-13,19H,2-3,10H2,1H3,(H,24,25)/t19-/m1/s1. The molecule has 140 valence electrons. The Kier molecular flexibility index (Phi) is 3.93. The van der Waals surface area contributed by atoms with Gasteiger partial charge < -0.3 is 9.88 Å². The first-order valence-corrected chi connectivity index (χ1v) is 9.41. The zero-order chi connectivity index (χ0) is 19.1. The van der Waals surface area contributed by atoms with Crippen LogP contribution >= 0.6 is 0 Å². The molecule has 1 atom stereocenters. The molecule has 28 heavy (non-hydrogen) atoms. The molecule has 3 heterocycles. The topological polar surface area (TPSA) is 79.7 Å². The maximum absolute atomic E-state index is 13.2. The summed E-state index contributed by atoms with van der Waals surface area (Å²) in [6, 6.07) is 13.7. The molecule has 0 radical (unpaired) electrons. The van der Waals surface area contributed by atoms with Crippen molar-refractivity contribution in [2.75, 3.05) is 6.54 Å². The molecular formula is C21H20N6O. The van der Waals surface area contributed by atoms with Gasteiger partial charge in [0, 0.05) is 17.8 Å². The van der Waals surface area contributed by atoms with Crippen molar-refractivity contribution in [1.29, 1.82) is 0 Å². The quantitative estimate of drug-likeness (QED) is 0.597. The van der Waals surface area contributed by atoms with Crippen molar-refractivity contribution in [3.05, 3.63) is 72.1 Å². The van der Waals surface area contributed by atoms with Gasteiger partial charge in [-0.1, -0.05) is 6.07 Å². The number of carbonyl (C=O) groups is 1. The fourth-order valence-corrected chi connectivity index (χ4v) is 3.87. The Morgan fingerprint density at radius 1 is 1.11 bits per heavy atom. The van der Waals surface area contributed by atoms with E-state index >= 15 is 0 Å². The van der Waals surface area contributed by atoms with E-state index in [9.17, 15) is 4.79 Å². The molecule has 1 aliphatic rings. The largest absolute Gasteiger partial charge is 0.340 e. The predicted octanol–water partition coefficient (Wildman–Crippen LogP) is 3.43. The Labute approximate surface area is 162 Å². The van der Waals surface area contributed by atoms with Crippen LogP contribution in [-0.4, -0.2) is 42.1 Å². The number of hydrogen-bond acceptors (Lipinski definition) is 4. The fourth-order valence-electron chi connectivity index (χ4n) is 3.87. The number of carbonyl (C=O) groups excluding carboxylic acids is 1. The maximum atomic E-state index is 13.2. The molecule has 7 heteroatoms. The van der Waals surface area contributed by atoms with Crippen LogP contribution in [0.3, 0.4) is 0 Å². The van der Waals surface area contributed by atoms with Crippen LogP contribution in [0.15, 0.2) is 55.1 Å². The van der Waals surface area contributed by atoms with Crippen LogP contribution in [0.1, 0.15) is 40.6 Å². The van der Waals surface area contributed by atoms with Crippen molar-refractivity contribution in [2.45, 2.75) is 25.8 Å². The molecule has 0 unspecified atom stereocenters. The first-order chi connectivity index (χ1) is 13.7. The average Bonchev–Trinajstić information content (AvgIpc) is 3.46. The lowest BCUT2D eigenvalue weighted by atomic mass is 10.1. The van der Waals surface area contributed by atoms with Gasteiger partial charge in [-0.15, -0.1) is 10.2 Å². The van der Waals surface area contributed by atoms with Crippen molar-refractivity contribution in [3.8, 4) is 5.69 Å².